The Balaban J connectivity index is 1.57. The smallest absolute Gasteiger partial charge is 0.317 e. The van der Waals surface area contributed by atoms with Gasteiger partial charge >= 0.3 is 6.03 Å². The van der Waals surface area contributed by atoms with Gasteiger partial charge in [-0.05, 0) is 24.6 Å². The van der Waals surface area contributed by atoms with E-state index in [1.54, 1.807) is 25.3 Å². The van der Waals surface area contributed by atoms with Crippen molar-refractivity contribution in [3.05, 3.63) is 65.5 Å². The number of rotatable bonds is 10. The fraction of sp³-hybridized carbons (Fsp3) is 0.464. The van der Waals surface area contributed by atoms with Crippen LogP contribution in [-0.4, -0.2) is 92.1 Å². The third-order valence-corrected chi connectivity index (χ3v) is 6.76. The molecule has 2 heterocycles. The molecule has 0 radical (unpaired) electrons. The largest absolute Gasteiger partial charge is 0.497 e. The second-order valence-corrected chi connectivity index (χ2v) is 9.37. The first-order valence-corrected chi connectivity index (χ1v) is 13.1. The number of benzene rings is 2. The van der Waals surface area contributed by atoms with Gasteiger partial charge < -0.3 is 19.7 Å². The number of nitrogens with one attached hydrogen (secondary N) is 1. The van der Waals surface area contributed by atoms with Crippen molar-refractivity contribution >= 4 is 17.6 Å². The normalized spacial score (nSPS) is 17.7. The average Bonchev–Trinajstić information content (AvgIpc) is 3.40. The summed E-state index contributed by atoms with van der Waals surface area (Å²) >= 11 is 0. The van der Waals surface area contributed by atoms with Gasteiger partial charge in [-0.15, -0.1) is 0 Å². The molecule has 2 aliphatic rings. The van der Waals surface area contributed by atoms with E-state index in [1.807, 2.05) is 31.2 Å². The maximum absolute atomic E-state index is 14.9. The number of ether oxygens (including phenoxy) is 2. The summed E-state index contributed by atoms with van der Waals surface area (Å²) in [5.74, 6) is -0.105. The highest BCUT2D eigenvalue weighted by molar-refractivity contribution is 6.03. The lowest BCUT2D eigenvalue weighted by atomic mass is 9.98. The Morgan fingerprint density at radius 1 is 1.18 bits per heavy atom. The zero-order chi connectivity index (χ0) is 26.9. The first-order chi connectivity index (χ1) is 18.5. The second kappa shape index (κ2) is 13.3. The molecular weight excluding hydrogens is 489 g/mol. The molecule has 0 aliphatic carbocycles. The van der Waals surface area contributed by atoms with Gasteiger partial charge in [-0.25, -0.2) is 14.2 Å². The van der Waals surface area contributed by atoms with E-state index in [1.165, 1.54) is 16.0 Å². The third kappa shape index (κ3) is 6.87. The van der Waals surface area contributed by atoms with Crippen LogP contribution >= 0.6 is 0 Å². The number of carbonyl (C=O) groups is 2. The summed E-state index contributed by atoms with van der Waals surface area (Å²) in [5, 5.41) is 8.86. The minimum absolute atomic E-state index is 0.167. The zero-order valence-electron chi connectivity index (χ0n) is 22.1. The van der Waals surface area contributed by atoms with Crippen LogP contribution < -0.4 is 10.1 Å². The predicted molar refractivity (Wildman–Crippen MR) is 143 cm³/mol. The molecule has 3 amide bonds. The quantitative estimate of drug-likeness (QED) is 0.515. The monoisotopic (exact) mass is 525 g/mol. The van der Waals surface area contributed by atoms with Gasteiger partial charge in [0.1, 0.15) is 18.1 Å². The van der Waals surface area contributed by atoms with Gasteiger partial charge in [-0.2, -0.15) is 5.10 Å². The van der Waals surface area contributed by atoms with E-state index in [-0.39, 0.29) is 18.5 Å². The van der Waals surface area contributed by atoms with Crippen LogP contribution in [0.2, 0.25) is 0 Å². The van der Waals surface area contributed by atoms with Crippen molar-refractivity contribution in [1.82, 2.24) is 20.1 Å². The van der Waals surface area contributed by atoms with Gasteiger partial charge in [0.25, 0.3) is 5.91 Å². The minimum Gasteiger partial charge on any atom is -0.497 e. The van der Waals surface area contributed by atoms with Gasteiger partial charge in [-0.3, -0.25) is 9.69 Å². The van der Waals surface area contributed by atoms with Crippen molar-refractivity contribution < 1.29 is 23.5 Å². The van der Waals surface area contributed by atoms with Gasteiger partial charge in [0.15, 0.2) is 0 Å². The number of hydrogen-bond donors (Lipinski definition) is 1. The summed E-state index contributed by atoms with van der Waals surface area (Å²) in [4.78, 5) is 30.4. The van der Waals surface area contributed by atoms with Crippen LogP contribution in [0.4, 0.5) is 9.18 Å². The molecule has 2 aromatic carbocycles. The van der Waals surface area contributed by atoms with Gasteiger partial charge in [0.2, 0.25) is 0 Å². The highest BCUT2D eigenvalue weighted by Crippen LogP contribution is 2.34. The van der Waals surface area contributed by atoms with E-state index in [9.17, 15) is 14.0 Å². The van der Waals surface area contributed by atoms with Crippen molar-refractivity contribution in [1.29, 1.82) is 0 Å². The maximum atomic E-state index is 14.9. The lowest BCUT2D eigenvalue weighted by Crippen LogP contribution is -2.49. The number of halogens is 1. The molecule has 0 saturated carbocycles. The Kier molecular flexibility index (Phi) is 9.67. The molecule has 38 heavy (non-hydrogen) atoms. The molecule has 9 nitrogen and oxygen atoms in total. The zero-order valence-corrected chi connectivity index (χ0v) is 22.1. The molecule has 2 aromatic rings. The topological polar surface area (TPSA) is 86.7 Å². The summed E-state index contributed by atoms with van der Waals surface area (Å²) in [6.07, 6.45) is 1.13. The number of hydrazone groups is 1. The number of nitrogens with zero attached hydrogens (tertiary/aromatic N) is 4. The Morgan fingerprint density at radius 3 is 2.71 bits per heavy atom. The van der Waals surface area contributed by atoms with Crippen molar-refractivity contribution in [3.8, 4) is 5.75 Å². The number of urea groups is 1. The first-order valence-electron chi connectivity index (χ1n) is 13.1. The van der Waals surface area contributed by atoms with Crippen molar-refractivity contribution in [2.45, 2.75) is 25.8 Å². The van der Waals surface area contributed by atoms with Crippen LogP contribution in [0, 0.1) is 5.82 Å². The summed E-state index contributed by atoms with van der Waals surface area (Å²) in [6, 6.07) is 12.9. The van der Waals surface area contributed by atoms with E-state index in [4.69, 9.17) is 9.47 Å². The van der Waals surface area contributed by atoms with E-state index in [0.29, 0.717) is 56.3 Å². The van der Waals surface area contributed by atoms with E-state index in [0.717, 1.165) is 25.1 Å². The molecule has 10 heteroatoms. The molecule has 1 saturated heterocycles. The molecule has 4 rings (SSSR count). The van der Waals surface area contributed by atoms with E-state index < -0.39 is 11.9 Å². The molecule has 1 fully saturated rings. The number of amides is 3. The predicted octanol–water partition coefficient (Wildman–Crippen LogP) is 3.27. The van der Waals surface area contributed by atoms with Crippen LogP contribution in [0.15, 0.2) is 53.6 Å². The molecule has 2 aliphatic heterocycles. The van der Waals surface area contributed by atoms with Gasteiger partial charge in [-0.1, -0.05) is 37.3 Å². The van der Waals surface area contributed by atoms with E-state index >= 15 is 0 Å². The van der Waals surface area contributed by atoms with Crippen molar-refractivity contribution in [2.24, 2.45) is 5.10 Å². The summed E-state index contributed by atoms with van der Waals surface area (Å²) in [6.45, 7) is 6.21. The number of methoxy groups -OCH3 is 1. The third-order valence-electron chi connectivity index (χ3n) is 6.76. The summed E-state index contributed by atoms with van der Waals surface area (Å²) < 4.78 is 25.6. The van der Waals surface area contributed by atoms with Crippen molar-refractivity contribution in [2.75, 3.05) is 59.6 Å². The lowest BCUT2D eigenvalue weighted by molar-refractivity contribution is -0.133. The Morgan fingerprint density at radius 2 is 1.97 bits per heavy atom. The maximum Gasteiger partial charge on any atom is 0.317 e. The van der Waals surface area contributed by atoms with Crippen LogP contribution in [0.1, 0.15) is 36.9 Å². The Bertz CT molecular complexity index is 1140. The fourth-order valence-electron chi connectivity index (χ4n) is 4.62. The summed E-state index contributed by atoms with van der Waals surface area (Å²) in [7, 11) is 1.59. The lowest BCUT2D eigenvalue weighted by Gasteiger charge is -2.31. The van der Waals surface area contributed by atoms with Crippen LogP contribution in [-0.2, 0) is 9.53 Å². The molecular formula is C28H36FN5O4. The van der Waals surface area contributed by atoms with E-state index in [2.05, 4.69) is 15.3 Å². The molecule has 1 atom stereocenters. The standard InChI is InChI=1S/C28H36FN5O4/c1-3-11-30-28(36)33(13-12-32-14-16-38-17-15-32)20-27(35)34-26(23-9-4-5-10-24(23)29)19-25(31-34)21-7-6-8-22(18-21)37-2/h4-10,18,26H,3,11-17,19-20H2,1-2H3,(H,30,36). The van der Waals surface area contributed by atoms with Crippen molar-refractivity contribution in [3.63, 3.8) is 0 Å². The Hall–Kier alpha value is -3.50. The van der Waals surface area contributed by atoms with Crippen LogP contribution in [0.3, 0.4) is 0 Å². The SMILES string of the molecule is CCCNC(=O)N(CCN1CCOCC1)CC(=O)N1N=C(c2cccc(OC)c2)CC1c1ccccc1F. The molecule has 1 N–H and O–H groups in total. The van der Waals surface area contributed by atoms with Gasteiger partial charge in [0, 0.05) is 50.3 Å². The fourth-order valence-corrected chi connectivity index (χ4v) is 4.62. The number of carbonyl (C=O) groups excluding carboxylic acids is 2. The first kappa shape index (κ1) is 27.5. The number of hydrogen-bond acceptors (Lipinski definition) is 6. The van der Waals surface area contributed by atoms with Crippen LogP contribution in [0.5, 0.6) is 5.75 Å². The highest BCUT2D eigenvalue weighted by Gasteiger charge is 2.36. The highest BCUT2D eigenvalue weighted by atomic mass is 19.1. The molecule has 1 unspecified atom stereocenters. The Labute approximate surface area is 223 Å². The number of morpholine rings is 1. The minimum atomic E-state index is -0.621. The molecule has 204 valence electrons. The molecule has 0 aromatic heterocycles. The summed E-state index contributed by atoms with van der Waals surface area (Å²) in [5.41, 5.74) is 1.84. The average molecular weight is 526 g/mol. The molecule has 0 bridgehead atoms. The van der Waals surface area contributed by atoms with Gasteiger partial charge in [0.05, 0.1) is 32.1 Å². The molecule has 0 spiro atoms. The second-order valence-electron chi connectivity index (χ2n) is 9.37. The van der Waals surface area contributed by atoms with Crippen LogP contribution in [0.25, 0.3) is 0 Å².